The van der Waals surface area contributed by atoms with E-state index in [4.69, 9.17) is 0 Å². The number of H-pyrrole nitrogens is 1. The van der Waals surface area contributed by atoms with E-state index in [1.165, 1.54) is 0 Å². The van der Waals surface area contributed by atoms with Crippen molar-refractivity contribution in [2.24, 2.45) is 0 Å². The Labute approximate surface area is 128 Å². The molecule has 1 unspecified atom stereocenters. The fourth-order valence-corrected chi connectivity index (χ4v) is 2.92. The van der Waals surface area contributed by atoms with Gasteiger partial charge < -0.3 is 5.32 Å². The fraction of sp³-hybridized carbons (Fsp3) is 0.353. The largest absolute Gasteiger partial charge is 0.353 e. The van der Waals surface area contributed by atoms with E-state index in [1.807, 2.05) is 31.2 Å². The van der Waals surface area contributed by atoms with Crippen LogP contribution in [0.15, 0.2) is 35.1 Å². The van der Waals surface area contributed by atoms with Crippen molar-refractivity contribution in [1.82, 2.24) is 15.5 Å². The molecule has 0 bridgehead atoms. The Hall–Kier alpha value is -2.43. The Bertz CT molecular complexity index is 752. The lowest BCUT2D eigenvalue weighted by molar-refractivity contribution is -0.121. The maximum absolute atomic E-state index is 12.2. The smallest absolute Gasteiger partial charge is 0.264 e. The Morgan fingerprint density at radius 2 is 2.23 bits per heavy atom. The van der Waals surface area contributed by atoms with Gasteiger partial charge in [0.25, 0.3) is 5.56 Å². The molecule has 5 heteroatoms. The summed E-state index contributed by atoms with van der Waals surface area (Å²) in [7, 11) is 0. The molecule has 1 aliphatic rings. The normalized spacial score (nSPS) is 16.9. The summed E-state index contributed by atoms with van der Waals surface area (Å²) in [6, 6.07) is 9.57. The van der Waals surface area contributed by atoms with Crippen LogP contribution in [0.3, 0.4) is 0 Å². The molecule has 1 aromatic heterocycles. The molecule has 1 heterocycles. The Kier molecular flexibility index (Phi) is 4.04. The first-order chi connectivity index (χ1) is 10.6. The number of fused-ring (bicyclic) bond motifs is 1. The highest BCUT2D eigenvalue weighted by Gasteiger charge is 2.21. The zero-order chi connectivity index (χ0) is 15.5. The molecule has 1 amide bonds. The van der Waals surface area contributed by atoms with Gasteiger partial charge in [-0.3, -0.25) is 9.59 Å². The lowest BCUT2D eigenvalue weighted by atomic mass is 9.92. The van der Waals surface area contributed by atoms with Crippen LogP contribution < -0.4 is 10.9 Å². The highest BCUT2D eigenvalue weighted by molar-refractivity contribution is 5.79. The lowest BCUT2D eigenvalue weighted by Gasteiger charge is -2.24. The van der Waals surface area contributed by atoms with E-state index < -0.39 is 0 Å². The summed E-state index contributed by atoms with van der Waals surface area (Å²) in [6.07, 6.45) is 2.70. The molecule has 5 nitrogen and oxygen atoms in total. The van der Waals surface area contributed by atoms with Gasteiger partial charge in [-0.1, -0.05) is 24.3 Å². The number of aromatic amines is 1. The maximum Gasteiger partial charge on any atom is 0.264 e. The third-order valence-electron chi connectivity index (χ3n) is 4.15. The van der Waals surface area contributed by atoms with Gasteiger partial charge in [-0.05, 0) is 42.9 Å². The van der Waals surface area contributed by atoms with Crippen LogP contribution in [0.1, 0.15) is 28.8 Å². The van der Waals surface area contributed by atoms with E-state index >= 15 is 0 Å². The molecule has 1 aliphatic carbocycles. The molecule has 0 aliphatic heterocycles. The van der Waals surface area contributed by atoms with Crippen molar-refractivity contribution < 1.29 is 4.79 Å². The quantitative estimate of drug-likeness (QED) is 0.896. The number of aromatic nitrogens is 2. The first kappa shape index (κ1) is 14.5. The minimum Gasteiger partial charge on any atom is -0.353 e. The number of carbonyl (C=O) groups excluding carboxylic acids is 1. The average Bonchev–Trinajstić information content (AvgIpc) is 2.49. The summed E-state index contributed by atoms with van der Waals surface area (Å²) in [5.41, 5.74) is 3.86. The Morgan fingerprint density at radius 1 is 1.41 bits per heavy atom. The van der Waals surface area contributed by atoms with Gasteiger partial charge in [0, 0.05) is 12.1 Å². The first-order valence-electron chi connectivity index (χ1n) is 7.53. The van der Waals surface area contributed by atoms with Crippen LogP contribution in [0.2, 0.25) is 0 Å². The molecule has 0 saturated carbocycles. The summed E-state index contributed by atoms with van der Waals surface area (Å²) in [5, 5.41) is 9.60. The fourth-order valence-electron chi connectivity index (χ4n) is 2.92. The molecule has 3 rings (SSSR count). The van der Waals surface area contributed by atoms with Gasteiger partial charge in [0.1, 0.15) is 0 Å². The number of aryl methyl sites for hydroxylation is 2. The number of amides is 1. The van der Waals surface area contributed by atoms with E-state index in [0.717, 1.165) is 35.2 Å². The van der Waals surface area contributed by atoms with Crippen molar-refractivity contribution in [3.63, 3.8) is 0 Å². The van der Waals surface area contributed by atoms with Gasteiger partial charge in [-0.25, -0.2) is 5.10 Å². The highest BCUT2D eigenvalue weighted by atomic mass is 16.1. The van der Waals surface area contributed by atoms with Crippen molar-refractivity contribution in [3.8, 4) is 0 Å². The van der Waals surface area contributed by atoms with E-state index in [2.05, 4.69) is 15.5 Å². The van der Waals surface area contributed by atoms with Crippen molar-refractivity contribution in [3.05, 3.63) is 63.1 Å². The first-order valence-corrected chi connectivity index (χ1v) is 7.53. The summed E-state index contributed by atoms with van der Waals surface area (Å²) < 4.78 is 0. The van der Waals surface area contributed by atoms with Crippen LogP contribution in [-0.4, -0.2) is 22.1 Å². The summed E-state index contributed by atoms with van der Waals surface area (Å²) >= 11 is 0. The second-order valence-corrected chi connectivity index (χ2v) is 5.81. The number of rotatable bonds is 3. The van der Waals surface area contributed by atoms with Crippen LogP contribution in [0.5, 0.6) is 0 Å². The third-order valence-corrected chi connectivity index (χ3v) is 4.15. The molecule has 0 fully saturated rings. The summed E-state index contributed by atoms with van der Waals surface area (Å²) in [6.45, 7) is 2.01. The maximum atomic E-state index is 12.2. The van der Waals surface area contributed by atoms with E-state index in [0.29, 0.717) is 12.8 Å². The van der Waals surface area contributed by atoms with Crippen LogP contribution in [-0.2, 0) is 24.1 Å². The number of carbonyl (C=O) groups is 1. The molecule has 0 saturated heterocycles. The number of nitrogens with zero attached hydrogens (tertiary/aromatic N) is 1. The molecule has 1 aromatic carbocycles. The van der Waals surface area contributed by atoms with Crippen molar-refractivity contribution in [2.75, 3.05) is 0 Å². The predicted octanol–water partition coefficient (Wildman–Crippen LogP) is 1.29. The molecular weight excluding hydrogens is 278 g/mol. The monoisotopic (exact) mass is 297 g/mol. The topological polar surface area (TPSA) is 74.8 Å². The van der Waals surface area contributed by atoms with E-state index in [-0.39, 0.29) is 17.5 Å². The molecule has 114 valence electrons. The van der Waals surface area contributed by atoms with Crippen LogP contribution in [0.25, 0.3) is 0 Å². The zero-order valence-electron chi connectivity index (χ0n) is 12.6. The minimum absolute atomic E-state index is 0.0283. The molecule has 1 atom stereocenters. The summed E-state index contributed by atoms with van der Waals surface area (Å²) in [5.74, 6) is 0.0283. The van der Waals surface area contributed by atoms with Crippen LogP contribution in [0.4, 0.5) is 0 Å². The third kappa shape index (κ3) is 3.24. The Morgan fingerprint density at radius 3 is 3.05 bits per heavy atom. The molecular formula is C17H19N3O2. The van der Waals surface area contributed by atoms with Crippen LogP contribution in [0, 0.1) is 6.92 Å². The molecule has 0 radical (unpaired) electrons. The van der Waals surface area contributed by atoms with Gasteiger partial charge in [0.05, 0.1) is 12.1 Å². The zero-order valence-corrected chi connectivity index (χ0v) is 12.6. The molecule has 22 heavy (non-hydrogen) atoms. The lowest BCUT2D eigenvalue weighted by Crippen LogP contribution is -2.40. The Balaban J connectivity index is 1.63. The second-order valence-electron chi connectivity index (χ2n) is 5.81. The molecule has 2 aromatic rings. The van der Waals surface area contributed by atoms with E-state index in [1.54, 1.807) is 6.07 Å². The highest BCUT2D eigenvalue weighted by Crippen LogP contribution is 2.18. The van der Waals surface area contributed by atoms with Gasteiger partial charge in [0.15, 0.2) is 0 Å². The van der Waals surface area contributed by atoms with E-state index in [9.17, 15) is 9.59 Å². The number of hydrogen-bond donors (Lipinski definition) is 2. The summed E-state index contributed by atoms with van der Waals surface area (Å²) in [4.78, 5) is 23.6. The molecule has 0 spiro atoms. The van der Waals surface area contributed by atoms with Crippen LogP contribution >= 0.6 is 0 Å². The number of benzene rings is 1. The van der Waals surface area contributed by atoms with Gasteiger partial charge in [-0.2, -0.15) is 5.10 Å². The van der Waals surface area contributed by atoms with Crippen molar-refractivity contribution in [2.45, 2.75) is 38.6 Å². The average molecular weight is 297 g/mol. The predicted molar refractivity (Wildman–Crippen MR) is 83.7 cm³/mol. The number of hydrogen-bond acceptors (Lipinski definition) is 3. The van der Waals surface area contributed by atoms with Gasteiger partial charge in [-0.15, -0.1) is 0 Å². The molecule has 2 N–H and O–H groups in total. The minimum atomic E-state index is -0.189. The van der Waals surface area contributed by atoms with Gasteiger partial charge >= 0.3 is 0 Å². The standard InChI is InChI=1S/C17H19N3O2/c1-11-4-2-3-5-12(11)9-16(21)18-14-6-7-15-13(8-14)10-17(22)20-19-15/h2-5,10,14H,6-9H2,1H3,(H,18,21)(H,20,22). The second kappa shape index (κ2) is 6.13. The van der Waals surface area contributed by atoms with Crippen molar-refractivity contribution >= 4 is 5.91 Å². The SMILES string of the molecule is Cc1ccccc1CC(=O)NC1CCc2n[nH]c(=O)cc2C1. The van der Waals surface area contributed by atoms with Gasteiger partial charge in [0.2, 0.25) is 5.91 Å². The number of nitrogens with one attached hydrogen (secondary N) is 2. The van der Waals surface area contributed by atoms with Crippen molar-refractivity contribution in [1.29, 1.82) is 0 Å².